The summed E-state index contributed by atoms with van der Waals surface area (Å²) in [6.45, 7) is 3.30. The van der Waals surface area contributed by atoms with Gasteiger partial charge in [0, 0.05) is 42.9 Å². The number of hydrogen-bond donors (Lipinski definition) is 3. The average Bonchev–Trinajstić information content (AvgIpc) is 2.95. The second-order valence-electron chi connectivity index (χ2n) is 6.70. The molecule has 0 spiro atoms. The number of aromatic nitrogens is 2. The average molecular weight is 403 g/mol. The van der Waals surface area contributed by atoms with Crippen LogP contribution in [0.25, 0.3) is 0 Å². The van der Waals surface area contributed by atoms with Gasteiger partial charge in [0.05, 0.1) is 15.6 Å². The zero-order chi connectivity index (χ0) is 18.6. The number of pyridine rings is 1. The van der Waals surface area contributed by atoms with E-state index in [1.807, 2.05) is 0 Å². The van der Waals surface area contributed by atoms with Gasteiger partial charge in [0.25, 0.3) is 5.91 Å². The number of piperidine rings is 1. The van der Waals surface area contributed by atoms with E-state index in [4.69, 9.17) is 28.3 Å². The number of carbonyl (C=O) groups excluding carboxylic acids is 1. The third-order valence-corrected chi connectivity index (χ3v) is 6.04. The standard InChI is InChI=1S/C17H16Cl2N4O3.Li.H/c1-7-12(18)13(19)15(21-7)16(24)22-14-9-5-23(6-10(9)14)11-3-2-8(4-20-11)17(25)26;;/h2-4,9-10,14,21H,5-6H2,1H3,(H,22,24)(H,25,26);;/t9-,10+,14+;;. The molecule has 1 aliphatic carbocycles. The number of carbonyl (C=O) groups is 2. The first kappa shape index (κ1) is 20.1. The molecule has 138 valence electrons. The van der Waals surface area contributed by atoms with E-state index in [1.165, 1.54) is 6.20 Å². The van der Waals surface area contributed by atoms with Crippen molar-refractivity contribution in [2.45, 2.75) is 13.0 Å². The fourth-order valence-corrected chi connectivity index (χ4v) is 4.00. The first-order chi connectivity index (χ1) is 12.4. The summed E-state index contributed by atoms with van der Waals surface area (Å²) in [4.78, 5) is 32.5. The molecule has 2 aromatic heterocycles. The van der Waals surface area contributed by atoms with Crippen LogP contribution >= 0.6 is 23.2 Å². The van der Waals surface area contributed by atoms with Gasteiger partial charge in [-0.05, 0) is 19.1 Å². The zero-order valence-electron chi connectivity index (χ0n) is 13.8. The molecule has 2 fully saturated rings. The normalized spacial score (nSPS) is 22.8. The molecule has 0 aromatic carbocycles. The van der Waals surface area contributed by atoms with Crippen LogP contribution in [0.1, 0.15) is 26.5 Å². The number of carboxylic acid groups (broad SMARTS) is 1. The Morgan fingerprint density at radius 3 is 2.41 bits per heavy atom. The van der Waals surface area contributed by atoms with Gasteiger partial charge < -0.3 is 20.3 Å². The Bertz CT molecular complexity index is 890. The molecule has 10 heteroatoms. The van der Waals surface area contributed by atoms with Crippen LogP contribution in [0.4, 0.5) is 5.82 Å². The maximum atomic E-state index is 12.4. The zero-order valence-corrected chi connectivity index (χ0v) is 15.3. The Morgan fingerprint density at radius 1 is 1.26 bits per heavy atom. The molecular weight excluding hydrogens is 386 g/mol. The predicted octanol–water partition coefficient (Wildman–Crippen LogP) is 1.94. The molecule has 0 unspecified atom stereocenters. The number of aryl methyl sites for hydroxylation is 1. The van der Waals surface area contributed by atoms with Crippen LogP contribution in [0.5, 0.6) is 0 Å². The number of nitrogens with zero attached hydrogens (tertiary/aromatic N) is 2. The van der Waals surface area contributed by atoms with E-state index in [0.29, 0.717) is 28.2 Å². The van der Waals surface area contributed by atoms with Crippen molar-refractivity contribution < 1.29 is 14.7 Å². The Kier molecular flexibility index (Phi) is 5.51. The van der Waals surface area contributed by atoms with Gasteiger partial charge in [-0.25, -0.2) is 9.78 Å². The molecule has 1 amide bonds. The molecule has 1 saturated carbocycles. The van der Waals surface area contributed by atoms with Gasteiger partial charge in [-0.15, -0.1) is 0 Å². The third-order valence-electron chi connectivity index (χ3n) is 5.09. The molecule has 2 aromatic rings. The number of aromatic carboxylic acids is 1. The Morgan fingerprint density at radius 2 is 1.93 bits per heavy atom. The van der Waals surface area contributed by atoms with E-state index < -0.39 is 5.97 Å². The number of H-pyrrole nitrogens is 1. The molecular formula is C17H17Cl2LiN4O3. The van der Waals surface area contributed by atoms with E-state index in [-0.39, 0.29) is 41.4 Å². The molecule has 3 N–H and O–H groups in total. The van der Waals surface area contributed by atoms with E-state index in [2.05, 4.69) is 20.2 Å². The van der Waals surface area contributed by atoms with Crippen molar-refractivity contribution in [2.75, 3.05) is 18.0 Å². The van der Waals surface area contributed by atoms with Crippen molar-refractivity contribution >= 4 is 59.8 Å². The third kappa shape index (κ3) is 3.57. The van der Waals surface area contributed by atoms with Gasteiger partial charge in [0.2, 0.25) is 0 Å². The van der Waals surface area contributed by atoms with Gasteiger partial charge in [0.15, 0.2) is 0 Å². The molecule has 4 rings (SSSR count). The van der Waals surface area contributed by atoms with Crippen LogP contribution in [0, 0.1) is 18.8 Å². The summed E-state index contributed by atoms with van der Waals surface area (Å²) in [5.41, 5.74) is 1.13. The number of fused-ring (bicyclic) bond motifs is 1. The number of carboxylic acids is 1. The van der Waals surface area contributed by atoms with Gasteiger partial charge in [-0.2, -0.15) is 0 Å². The fourth-order valence-electron chi connectivity index (χ4n) is 3.58. The van der Waals surface area contributed by atoms with Crippen molar-refractivity contribution in [3.05, 3.63) is 45.3 Å². The molecule has 1 saturated heterocycles. The monoisotopic (exact) mass is 402 g/mol. The van der Waals surface area contributed by atoms with Crippen LogP contribution < -0.4 is 10.2 Å². The summed E-state index contributed by atoms with van der Waals surface area (Å²) in [7, 11) is 0. The Labute approximate surface area is 177 Å². The summed E-state index contributed by atoms with van der Waals surface area (Å²) >= 11 is 12.1. The van der Waals surface area contributed by atoms with Crippen LogP contribution in [0.15, 0.2) is 18.3 Å². The summed E-state index contributed by atoms with van der Waals surface area (Å²) in [6, 6.07) is 3.37. The molecule has 3 heterocycles. The second kappa shape index (κ2) is 7.40. The second-order valence-corrected chi connectivity index (χ2v) is 7.45. The fraction of sp³-hybridized carbons (Fsp3) is 0.353. The van der Waals surface area contributed by atoms with Crippen LogP contribution in [-0.4, -0.2) is 64.9 Å². The molecule has 0 bridgehead atoms. The Hall–Kier alpha value is -1.65. The molecule has 3 atom stereocenters. The van der Waals surface area contributed by atoms with Gasteiger partial charge >= 0.3 is 24.8 Å². The number of aromatic amines is 1. The van der Waals surface area contributed by atoms with Crippen molar-refractivity contribution in [3.8, 4) is 0 Å². The molecule has 7 nitrogen and oxygen atoms in total. The molecule has 2 aliphatic rings. The van der Waals surface area contributed by atoms with E-state index in [9.17, 15) is 9.59 Å². The minimum atomic E-state index is -0.991. The summed E-state index contributed by atoms with van der Waals surface area (Å²) in [6.07, 6.45) is 1.36. The van der Waals surface area contributed by atoms with Crippen molar-refractivity contribution in [2.24, 2.45) is 11.8 Å². The van der Waals surface area contributed by atoms with Crippen molar-refractivity contribution in [1.29, 1.82) is 0 Å². The number of amides is 1. The quantitative estimate of drug-likeness (QED) is 0.678. The first-order valence-corrected chi connectivity index (χ1v) is 8.91. The van der Waals surface area contributed by atoms with Gasteiger partial charge in [-0.1, -0.05) is 23.2 Å². The van der Waals surface area contributed by atoms with E-state index in [1.54, 1.807) is 19.1 Å². The first-order valence-electron chi connectivity index (χ1n) is 8.15. The SMILES string of the molecule is Cc1[nH]c(C(=O)N[C@H]2[C@@H]3CN(c4ccc(C(=O)O)cn4)C[C@@H]32)c(Cl)c1Cl.[LiH]. The van der Waals surface area contributed by atoms with Crippen LogP contribution in [0.2, 0.25) is 10.0 Å². The molecule has 27 heavy (non-hydrogen) atoms. The van der Waals surface area contributed by atoms with E-state index >= 15 is 0 Å². The number of hydrogen-bond acceptors (Lipinski definition) is 4. The van der Waals surface area contributed by atoms with Gasteiger partial charge in [0.1, 0.15) is 11.5 Å². The number of halogens is 2. The number of anilines is 1. The van der Waals surface area contributed by atoms with E-state index in [0.717, 1.165) is 18.9 Å². The van der Waals surface area contributed by atoms with Crippen LogP contribution in [-0.2, 0) is 0 Å². The van der Waals surface area contributed by atoms with Gasteiger partial charge in [-0.3, -0.25) is 4.79 Å². The maximum absolute atomic E-state index is 12.4. The predicted molar refractivity (Wildman–Crippen MR) is 104 cm³/mol. The minimum absolute atomic E-state index is 0. The van der Waals surface area contributed by atoms with Crippen LogP contribution in [0.3, 0.4) is 0 Å². The summed E-state index contributed by atoms with van der Waals surface area (Å²) in [5, 5.41) is 12.6. The Balaban J connectivity index is 0.00000210. The van der Waals surface area contributed by atoms with Crippen molar-refractivity contribution in [1.82, 2.24) is 15.3 Å². The molecule has 1 aliphatic heterocycles. The summed E-state index contributed by atoms with van der Waals surface area (Å²) in [5.74, 6) is 0.215. The van der Waals surface area contributed by atoms with Crippen molar-refractivity contribution in [3.63, 3.8) is 0 Å². The number of nitrogens with one attached hydrogen (secondary N) is 2. The number of rotatable bonds is 4. The molecule has 0 radical (unpaired) electrons. The topological polar surface area (TPSA) is 98.3 Å². The summed E-state index contributed by atoms with van der Waals surface area (Å²) < 4.78 is 0.